The number of carbonyl (C=O) groups is 1. The van der Waals surface area contributed by atoms with Crippen LogP contribution in [0, 0.1) is 0 Å². The average Bonchev–Trinajstić information content (AvgIpc) is 3.09. The lowest BCUT2D eigenvalue weighted by atomic mass is 9.94. The summed E-state index contributed by atoms with van der Waals surface area (Å²) in [5.74, 6) is 0.517. The molecule has 0 aliphatic carbocycles. The highest BCUT2D eigenvalue weighted by molar-refractivity contribution is 5.94. The molecule has 3 aromatic rings. The molecule has 2 N–H and O–H groups in total. The standard InChI is InChI=1S/C17H18N6O/c18-17-20-6-5-14(21-17)12-2-1-8-23(10-12)16(24)13-3-4-15-19-7-9-22(15)11-13/h3-7,9,11-12H,1-2,8,10H2,(H2,18,20,21). The molecule has 0 bridgehead atoms. The van der Waals surface area contributed by atoms with E-state index in [1.807, 2.05) is 39.9 Å². The molecule has 1 amide bonds. The van der Waals surface area contributed by atoms with E-state index in [1.54, 1.807) is 12.4 Å². The Morgan fingerprint density at radius 3 is 3.00 bits per heavy atom. The molecule has 7 heteroatoms. The highest BCUT2D eigenvalue weighted by Gasteiger charge is 2.26. The summed E-state index contributed by atoms with van der Waals surface area (Å²) < 4.78 is 1.86. The molecule has 3 aromatic heterocycles. The van der Waals surface area contributed by atoms with Gasteiger partial charge in [-0.1, -0.05) is 0 Å². The second-order valence-electron chi connectivity index (χ2n) is 6.04. The molecule has 7 nitrogen and oxygen atoms in total. The lowest BCUT2D eigenvalue weighted by Gasteiger charge is -2.32. The number of aromatic nitrogens is 4. The van der Waals surface area contributed by atoms with Crippen LogP contribution in [0.25, 0.3) is 5.65 Å². The molecule has 4 rings (SSSR count). The Morgan fingerprint density at radius 2 is 2.12 bits per heavy atom. The van der Waals surface area contributed by atoms with Crippen molar-refractivity contribution in [3.05, 3.63) is 54.2 Å². The van der Waals surface area contributed by atoms with Crippen LogP contribution in [0.15, 0.2) is 43.0 Å². The molecule has 1 saturated heterocycles. The van der Waals surface area contributed by atoms with E-state index in [1.165, 1.54) is 0 Å². The maximum atomic E-state index is 12.8. The lowest BCUT2D eigenvalue weighted by Crippen LogP contribution is -2.39. The van der Waals surface area contributed by atoms with Crippen molar-refractivity contribution in [2.75, 3.05) is 18.8 Å². The van der Waals surface area contributed by atoms with Gasteiger partial charge in [0.25, 0.3) is 5.91 Å². The molecule has 0 spiro atoms. The van der Waals surface area contributed by atoms with Gasteiger partial charge in [0.15, 0.2) is 0 Å². The summed E-state index contributed by atoms with van der Waals surface area (Å²) in [5.41, 5.74) is 8.09. The van der Waals surface area contributed by atoms with E-state index in [0.717, 1.165) is 30.7 Å². The van der Waals surface area contributed by atoms with Gasteiger partial charge in [-0.2, -0.15) is 0 Å². The van der Waals surface area contributed by atoms with Gasteiger partial charge >= 0.3 is 0 Å². The van der Waals surface area contributed by atoms with E-state index in [-0.39, 0.29) is 17.8 Å². The number of likely N-dealkylation sites (tertiary alicyclic amines) is 1. The number of hydrogen-bond acceptors (Lipinski definition) is 5. The van der Waals surface area contributed by atoms with Crippen LogP contribution in [-0.4, -0.2) is 43.2 Å². The fourth-order valence-corrected chi connectivity index (χ4v) is 3.25. The normalized spacial score (nSPS) is 18.0. The zero-order chi connectivity index (χ0) is 16.5. The van der Waals surface area contributed by atoms with Gasteiger partial charge in [-0.05, 0) is 31.0 Å². The third kappa shape index (κ3) is 2.68. The number of carbonyl (C=O) groups excluding carboxylic acids is 1. The summed E-state index contributed by atoms with van der Waals surface area (Å²) in [7, 11) is 0. The van der Waals surface area contributed by atoms with Gasteiger partial charge < -0.3 is 15.0 Å². The van der Waals surface area contributed by atoms with Crippen LogP contribution in [0.1, 0.15) is 34.8 Å². The van der Waals surface area contributed by atoms with E-state index in [9.17, 15) is 4.79 Å². The summed E-state index contributed by atoms with van der Waals surface area (Å²) in [4.78, 5) is 27.2. The van der Waals surface area contributed by atoms with Crippen molar-refractivity contribution in [3.8, 4) is 0 Å². The van der Waals surface area contributed by atoms with Crippen LogP contribution in [-0.2, 0) is 0 Å². The second kappa shape index (κ2) is 5.92. The highest BCUT2D eigenvalue weighted by atomic mass is 16.2. The first-order valence-corrected chi connectivity index (χ1v) is 8.01. The number of amides is 1. The summed E-state index contributed by atoms with van der Waals surface area (Å²) in [6.07, 6.45) is 9.02. The van der Waals surface area contributed by atoms with E-state index >= 15 is 0 Å². The smallest absolute Gasteiger partial charge is 0.255 e. The van der Waals surface area contributed by atoms with Gasteiger partial charge in [-0.15, -0.1) is 0 Å². The molecule has 0 aromatic carbocycles. The van der Waals surface area contributed by atoms with Crippen LogP contribution >= 0.6 is 0 Å². The van der Waals surface area contributed by atoms with E-state index in [2.05, 4.69) is 15.0 Å². The summed E-state index contributed by atoms with van der Waals surface area (Å²) in [6.45, 7) is 1.41. The first-order chi connectivity index (χ1) is 11.7. The second-order valence-corrected chi connectivity index (χ2v) is 6.04. The third-order valence-corrected chi connectivity index (χ3v) is 4.46. The van der Waals surface area contributed by atoms with Gasteiger partial charge in [-0.3, -0.25) is 4.79 Å². The van der Waals surface area contributed by atoms with Crippen LogP contribution in [0.2, 0.25) is 0 Å². The van der Waals surface area contributed by atoms with Crippen molar-refractivity contribution >= 4 is 17.5 Å². The molecule has 0 radical (unpaired) electrons. The number of rotatable bonds is 2. The quantitative estimate of drug-likeness (QED) is 0.776. The zero-order valence-corrected chi connectivity index (χ0v) is 13.2. The predicted octanol–water partition coefficient (Wildman–Crippen LogP) is 1.73. The Hall–Kier alpha value is -2.96. The van der Waals surface area contributed by atoms with Crippen molar-refractivity contribution < 1.29 is 4.79 Å². The zero-order valence-electron chi connectivity index (χ0n) is 13.2. The Balaban J connectivity index is 1.55. The van der Waals surface area contributed by atoms with E-state index in [4.69, 9.17) is 5.73 Å². The Morgan fingerprint density at radius 1 is 1.21 bits per heavy atom. The first-order valence-electron chi connectivity index (χ1n) is 8.01. The van der Waals surface area contributed by atoms with Crippen molar-refractivity contribution in [1.29, 1.82) is 0 Å². The fourth-order valence-electron chi connectivity index (χ4n) is 3.25. The molecule has 1 unspecified atom stereocenters. The first kappa shape index (κ1) is 14.6. The largest absolute Gasteiger partial charge is 0.368 e. The molecule has 24 heavy (non-hydrogen) atoms. The minimum absolute atomic E-state index is 0.0392. The van der Waals surface area contributed by atoms with Gasteiger partial charge in [0.1, 0.15) is 5.65 Å². The van der Waals surface area contributed by atoms with Gasteiger partial charge in [-0.25, -0.2) is 15.0 Å². The van der Waals surface area contributed by atoms with Crippen LogP contribution in [0.4, 0.5) is 5.95 Å². The van der Waals surface area contributed by atoms with Gasteiger partial charge in [0.2, 0.25) is 5.95 Å². The van der Waals surface area contributed by atoms with Crippen molar-refractivity contribution in [3.63, 3.8) is 0 Å². The molecule has 1 aliphatic rings. The maximum absolute atomic E-state index is 12.8. The van der Waals surface area contributed by atoms with Crippen molar-refractivity contribution in [2.24, 2.45) is 0 Å². The highest BCUT2D eigenvalue weighted by Crippen LogP contribution is 2.26. The molecule has 1 fully saturated rings. The molecular weight excluding hydrogens is 304 g/mol. The SMILES string of the molecule is Nc1nccc(C2CCCN(C(=O)c3ccc4nccn4c3)C2)n1. The van der Waals surface area contributed by atoms with Crippen molar-refractivity contribution in [1.82, 2.24) is 24.3 Å². The molecule has 1 aliphatic heterocycles. The molecule has 0 saturated carbocycles. The number of anilines is 1. The summed E-state index contributed by atoms with van der Waals surface area (Å²) in [6, 6.07) is 5.57. The molecule has 122 valence electrons. The Labute approximate surface area is 139 Å². The number of nitrogens with zero attached hydrogens (tertiary/aromatic N) is 5. The van der Waals surface area contributed by atoms with Gasteiger partial charge in [0, 0.05) is 43.8 Å². The fraction of sp³-hybridized carbons (Fsp3) is 0.294. The Kier molecular flexibility index (Phi) is 3.60. The number of piperidine rings is 1. The number of pyridine rings is 1. The average molecular weight is 322 g/mol. The number of imidazole rings is 1. The minimum Gasteiger partial charge on any atom is -0.368 e. The van der Waals surface area contributed by atoms with Gasteiger partial charge in [0.05, 0.1) is 11.3 Å². The maximum Gasteiger partial charge on any atom is 0.255 e. The summed E-state index contributed by atoms with van der Waals surface area (Å²) >= 11 is 0. The lowest BCUT2D eigenvalue weighted by molar-refractivity contribution is 0.0705. The van der Waals surface area contributed by atoms with Crippen LogP contribution < -0.4 is 5.73 Å². The topological polar surface area (TPSA) is 89.4 Å². The number of nitrogen functional groups attached to an aromatic ring is 1. The van der Waals surface area contributed by atoms with E-state index < -0.39 is 0 Å². The molecule has 1 atom stereocenters. The van der Waals surface area contributed by atoms with Crippen molar-refractivity contribution in [2.45, 2.75) is 18.8 Å². The summed E-state index contributed by atoms with van der Waals surface area (Å²) in [5, 5.41) is 0. The van der Waals surface area contributed by atoms with E-state index in [0.29, 0.717) is 12.1 Å². The monoisotopic (exact) mass is 322 g/mol. The predicted molar refractivity (Wildman–Crippen MR) is 89.5 cm³/mol. The third-order valence-electron chi connectivity index (χ3n) is 4.46. The minimum atomic E-state index is 0.0392. The molecule has 4 heterocycles. The number of nitrogens with two attached hydrogens (primary N) is 1. The Bertz CT molecular complexity index is 889. The molecular formula is C17H18N6O. The van der Waals surface area contributed by atoms with Crippen LogP contribution in [0.5, 0.6) is 0 Å². The number of hydrogen-bond donors (Lipinski definition) is 1. The van der Waals surface area contributed by atoms with Crippen LogP contribution in [0.3, 0.4) is 0 Å². The number of fused-ring (bicyclic) bond motifs is 1.